The summed E-state index contributed by atoms with van der Waals surface area (Å²) >= 11 is 3.20. The molecule has 0 fully saturated rings. The van der Waals surface area contributed by atoms with Crippen LogP contribution in [0.25, 0.3) is 0 Å². The summed E-state index contributed by atoms with van der Waals surface area (Å²) < 4.78 is 32.2. The summed E-state index contributed by atoms with van der Waals surface area (Å²) in [6.07, 6.45) is 0. The number of halogens is 3. The van der Waals surface area contributed by atoms with Crippen molar-refractivity contribution in [1.82, 2.24) is 0 Å². The van der Waals surface area contributed by atoms with Gasteiger partial charge in [0.1, 0.15) is 24.0 Å². The fourth-order valence-corrected chi connectivity index (χ4v) is 2.03. The molecule has 0 aliphatic carbocycles. The van der Waals surface area contributed by atoms with Crippen molar-refractivity contribution in [2.24, 2.45) is 0 Å². The zero-order chi connectivity index (χ0) is 14.7. The summed E-state index contributed by atoms with van der Waals surface area (Å²) in [5, 5.41) is 18.5. The molecular weight excluding hydrogens is 333 g/mol. The minimum atomic E-state index is -1.71. The number of benzene rings is 2. The van der Waals surface area contributed by atoms with E-state index in [-0.39, 0.29) is 23.4 Å². The van der Waals surface area contributed by atoms with Gasteiger partial charge in [0.25, 0.3) is 0 Å². The van der Waals surface area contributed by atoms with Crippen LogP contribution in [0, 0.1) is 11.6 Å². The maximum absolute atomic E-state index is 13.5. The van der Waals surface area contributed by atoms with Crippen LogP contribution in [-0.4, -0.2) is 17.2 Å². The molecule has 0 aromatic heterocycles. The molecule has 0 aliphatic heterocycles. The molecule has 3 nitrogen and oxygen atoms in total. The Bertz CT molecular complexity index is 623. The fraction of sp³-hybridized carbons (Fsp3) is 0.0769. The summed E-state index contributed by atoms with van der Waals surface area (Å²) in [4.78, 5) is 0. The lowest BCUT2D eigenvalue weighted by atomic mass is 9.79. The highest BCUT2D eigenvalue weighted by atomic mass is 79.9. The van der Waals surface area contributed by atoms with Gasteiger partial charge in [-0.1, -0.05) is 15.9 Å². The van der Waals surface area contributed by atoms with Gasteiger partial charge >= 0.3 is 7.12 Å². The Morgan fingerprint density at radius 3 is 2.50 bits per heavy atom. The third kappa shape index (κ3) is 3.56. The molecule has 0 unspecified atom stereocenters. The summed E-state index contributed by atoms with van der Waals surface area (Å²) in [6.45, 7) is -0.145. The van der Waals surface area contributed by atoms with Gasteiger partial charge in [0, 0.05) is 21.6 Å². The molecule has 0 atom stereocenters. The normalized spacial score (nSPS) is 10.4. The summed E-state index contributed by atoms with van der Waals surface area (Å²) in [6, 6.07) is 7.84. The molecule has 0 amide bonds. The van der Waals surface area contributed by atoms with Crippen LogP contribution >= 0.6 is 15.9 Å². The highest BCUT2D eigenvalue weighted by Gasteiger charge is 2.18. The first-order chi connectivity index (χ1) is 9.47. The van der Waals surface area contributed by atoms with Crippen LogP contribution in [0.3, 0.4) is 0 Å². The molecular formula is C13H10BBrF2O3. The van der Waals surface area contributed by atoms with Crippen molar-refractivity contribution in [2.75, 3.05) is 0 Å². The third-order valence-electron chi connectivity index (χ3n) is 2.65. The first-order valence-electron chi connectivity index (χ1n) is 5.69. The largest absolute Gasteiger partial charge is 0.492 e. The van der Waals surface area contributed by atoms with Crippen LogP contribution in [0.4, 0.5) is 8.78 Å². The second-order valence-corrected chi connectivity index (χ2v) is 5.00. The highest BCUT2D eigenvalue weighted by molar-refractivity contribution is 9.10. The Morgan fingerprint density at radius 2 is 1.85 bits per heavy atom. The lowest BCUT2D eigenvalue weighted by molar-refractivity contribution is 0.300. The molecule has 2 rings (SSSR count). The van der Waals surface area contributed by atoms with Gasteiger partial charge in [-0.2, -0.15) is 0 Å². The second-order valence-electron chi connectivity index (χ2n) is 4.08. The Kier molecular flexibility index (Phi) is 4.75. The van der Waals surface area contributed by atoms with Gasteiger partial charge in [-0.05, 0) is 30.3 Å². The SMILES string of the molecule is OB(O)c1cc(Br)ccc1OCc1ccc(F)cc1F. The molecule has 0 saturated carbocycles. The van der Waals surface area contributed by atoms with Crippen LogP contribution in [0.5, 0.6) is 5.75 Å². The lowest BCUT2D eigenvalue weighted by Gasteiger charge is -2.12. The van der Waals surface area contributed by atoms with Crippen molar-refractivity contribution in [3.8, 4) is 5.75 Å². The van der Waals surface area contributed by atoms with E-state index >= 15 is 0 Å². The molecule has 2 aromatic carbocycles. The van der Waals surface area contributed by atoms with E-state index in [1.807, 2.05) is 0 Å². The monoisotopic (exact) mass is 342 g/mol. The van der Waals surface area contributed by atoms with E-state index in [9.17, 15) is 18.8 Å². The first kappa shape index (κ1) is 15.0. The van der Waals surface area contributed by atoms with Crippen molar-refractivity contribution in [3.05, 3.63) is 58.1 Å². The topological polar surface area (TPSA) is 49.7 Å². The van der Waals surface area contributed by atoms with Gasteiger partial charge in [-0.15, -0.1) is 0 Å². The van der Waals surface area contributed by atoms with Gasteiger partial charge in [-0.25, -0.2) is 8.78 Å². The number of hydrogen-bond acceptors (Lipinski definition) is 3. The van der Waals surface area contributed by atoms with Crippen molar-refractivity contribution in [3.63, 3.8) is 0 Å². The molecule has 7 heteroatoms. The zero-order valence-electron chi connectivity index (χ0n) is 10.2. The molecule has 2 N–H and O–H groups in total. The number of ether oxygens (including phenoxy) is 1. The Balaban J connectivity index is 2.18. The quantitative estimate of drug-likeness (QED) is 0.835. The van der Waals surface area contributed by atoms with Gasteiger partial charge in [0.05, 0.1) is 0 Å². The van der Waals surface area contributed by atoms with Gasteiger partial charge in [-0.3, -0.25) is 0 Å². The summed E-state index contributed by atoms with van der Waals surface area (Å²) in [5.74, 6) is -1.17. The molecule has 0 aliphatic rings. The van der Waals surface area contributed by atoms with Crippen LogP contribution < -0.4 is 10.2 Å². The standard InChI is InChI=1S/C13H10BBrF2O3/c15-9-2-4-13(11(5-9)14(18)19)20-7-8-1-3-10(16)6-12(8)17/h1-6,18-19H,7H2. The van der Waals surface area contributed by atoms with E-state index in [2.05, 4.69) is 15.9 Å². The highest BCUT2D eigenvalue weighted by Crippen LogP contribution is 2.17. The molecule has 0 saturated heterocycles. The Labute approximate surface area is 123 Å². The maximum atomic E-state index is 13.5. The van der Waals surface area contributed by atoms with Gasteiger partial charge in [0.2, 0.25) is 0 Å². The van der Waals surface area contributed by atoms with Crippen molar-refractivity contribution >= 4 is 28.5 Å². The fourth-order valence-electron chi connectivity index (χ4n) is 1.65. The average molecular weight is 343 g/mol. The van der Waals surface area contributed by atoms with E-state index in [1.165, 1.54) is 18.2 Å². The minimum Gasteiger partial charge on any atom is -0.489 e. The van der Waals surface area contributed by atoms with Crippen LogP contribution in [0.2, 0.25) is 0 Å². The zero-order valence-corrected chi connectivity index (χ0v) is 11.8. The Morgan fingerprint density at radius 1 is 1.10 bits per heavy atom. The lowest BCUT2D eigenvalue weighted by Crippen LogP contribution is -2.31. The van der Waals surface area contributed by atoms with Crippen molar-refractivity contribution < 1.29 is 23.6 Å². The molecule has 0 spiro atoms. The molecule has 104 valence electrons. The van der Waals surface area contributed by atoms with Crippen LogP contribution in [-0.2, 0) is 6.61 Å². The third-order valence-corrected chi connectivity index (χ3v) is 3.14. The van der Waals surface area contributed by atoms with E-state index in [0.717, 1.165) is 12.1 Å². The number of hydrogen-bond donors (Lipinski definition) is 2. The van der Waals surface area contributed by atoms with Crippen LogP contribution in [0.1, 0.15) is 5.56 Å². The van der Waals surface area contributed by atoms with Gasteiger partial charge in [0.15, 0.2) is 0 Å². The smallest absolute Gasteiger partial charge is 0.489 e. The van der Waals surface area contributed by atoms with E-state index < -0.39 is 18.8 Å². The predicted molar refractivity (Wildman–Crippen MR) is 74.7 cm³/mol. The van der Waals surface area contributed by atoms with E-state index in [1.54, 1.807) is 6.07 Å². The van der Waals surface area contributed by atoms with Crippen LogP contribution in [0.15, 0.2) is 40.9 Å². The predicted octanol–water partition coefficient (Wildman–Crippen LogP) is 1.99. The minimum absolute atomic E-state index is 0.145. The Hall–Kier alpha value is -1.44. The van der Waals surface area contributed by atoms with Gasteiger partial charge < -0.3 is 14.8 Å². The van der Waals surface area contributed by atoms with E-state index in [4.69, 9.17) is 4.74 Å². The second kappa shape index (κ2) is 6.34. The molecule has 0 bridgehead atoms. The molecule has 0 heterocycles. The molecule has 2 aromatic rings. The summed E-state index contributed by atoms with van der Waals surface area (Å²) in [7, 11) is -1.71. The maximum Gasteiger partial charge on any atom is 0.492 e. The number of rotatable bonds is 4. The summed E-state index contributed by atoms with van der Waals surface area (Å²) in [5.41, 5.74) is 0.328. The first-order valence-corrected chi connectivity index (χ1v) is 6.49. The molecule has 0 radical (unpaired) electrons. The molecule has 20 heavy (non-hydrogen) atoms. The van der Waals surface area contributed by atoms with Crippen molar-refractivity contribution in [1.29, 1.82) is 0 Å². The van der Waals surface area contributed by atoms with Crippen molar-refractivity contribution in [2.45, 2.75) is 6.61 Å². The van der Waals surface area contributed by atoms with E-state index in [0.29, 0.717) is 4.47 Å². The average Bonchev–Trinajstić information content (AvgIpc) is 2.38.